The van der Waals surface area contributed by atoms with E-state index in [1.807, 2.05) is 23.1 Å². The predicted molar refractivity (Wildman–Crippen MR) is 128 cm³/mol. The Bertz CT molecular complexity index is 1180. The average Bonchev–Trinajstić information content (AvgIpc) is 2.83. The maximum absolute atomic E-state index is 13.4. The lowest BCUT2D eigenvalue weighted by atomic mass is 10.0. The van der Waals surface area contributed by atoms with Crippen molar-refractivity contribution in [3.63, 3.8) is 0 Å². The summed E-state index contributed by atoms with van der Waals surface area (Å²) >= 11 is 0. The molecule has 2 aromatic carbocycles. The van der Waals surface area contributed by atoms with Crippen molar-refractivity contribution >= 4 is 27.5 Å². The lowest BCUT2D eigenvalue weighted by Crippen LogP contribution is -2.48. The van der Waals surface area contributed by atoms with Crippen molar-refractivity contribution in [1.29, 1.82) is 0 Å². The fraction of sp³-hybridized carbons (Fsp3) is 0.458. The van der Waals surface area contributed by atoms with E-state index in [2.05, 4.69) is 4.90 Å². The first kappa shape index (κ1) is 25.3. The molecule has 2 aliphatic rings. The Morgan fingerprint density at radius 3 is 2.26 bits per heavy atom. The fourth-order valence-corrected chi connectivity index (χ4v) is 6.01. The minimum atomic E-state index is -4.44. The molecule has 1 saturated heterocycles. The van der Waals surface area contributed by atoms with E-state index in [1.165, 1.54) is 27.8 Å². The molecule has 2 aromatic rings. The molecule has 1 amide bonds. The molecule has 190 valence electrons. The molecule has 0 unspecified atom stereocenters. The van der Waals surface area contributed by atoms with Crippen molar-refractivity contribution in [3.8, 4) is 0 Å². The molecule has 11 heteroatoms. The van der Waals surface area contributed by atoms with Gasteiger partial charge in [-0.15, -0.1) is 0 Å². The van der Waals surface area contributed by atoms with E-state index in [1.54, 1.807) is 6.92 Å². The number of piperazine rings is 1. The Hall–Kier alpha value is -2.79. The first-order chi connectivity index (χ1) is 16.5. The van der Waals surface area contributed by atoms with Crippen molar-refractivity contribution in [2.75, 3.05) is 49.0 Å². The number of benzene rings is 2. The molecule has 1 fully saturated rings. The van der Waals surface area contributed by atoms with Crippen molar-refractivity contribution in [2.24, 2.45) is 0 Å². The summed E-state index contributed by atoms with van der Waals surface area (Å²) in [5, 5.41) is 0. The molecule has 0 spiro atoms. The average molecular weight is 511 g/mol. The quantitative estimate of drug-likeness (QED) is 0.618. The number of carbonyl (C=O) groups is 1. The number of halogens is 3. The Balaban J connectivity index is 1.49. The molecule has 2 heterocycles. The van der Waals surface area contributed by atoms with Crippen LogP contribution in [0, 0.1) is 0 Å². The third-order valence-corrected chi connectivity index (χ3v) is 8.44. The van der Waals surface area contributed by atoms with Crippen molar-refractivity contribution in [3.05, 3.63) is 59.2 Å². The number of alkyl halides is 3. The molecule has 0 aromatic heterocycles. The van der Waals surface area contributed by atoms with Crippen molar-refractivity contribution in [2.45, 2.75) is 32.5 Å². The molecule has 0 radical (unpaired) electrons. The lowest BCUT2D eigenvalue weighted by Gasteiger charge is -2.37. The number of carbonyl (C=O) groups excluding carboxylic acids is 1. The summed E-state index contributed by atoms with van der Waals surface area (Å²) in [6.07, 6.45) is -3.01. The number of hydrogen-bond acceptors (Lipinski definition) is 4. The smallest absolute Gasteiger partial charge is 0.368 e. The number of rotatable bonds is 5. The number of hydrogen-bond donors (Lipinski definition) is 0. The van der Waals surface area contributed by atoms with E-state index < -0.39 is 21.9 Å². The Kier molecular flexibility index (Phi) is 7.01. The molecule has 0 atom stereocenters. The van der Waals surface area contributed by atoms with Gasteiger partial charge in [0.2, 0.25) is 5.91 Å². The van der Waals surface area contributed by atoms with Gasteiger partial charge in [-0.2, -0.15) is 25.9 Å². The van der Waals surface area contributed by atoms with Gasteiger partial charge < -0.3 is 9.80 Å². The highest BCUT2D eigenvalue weighted by molar-refractivity contribution is 7.90. The molecule has 0 N–H and O–H groups in total. The predicted octanol–water partition coefficient (Wildman–Crippen LogP) is 3.50. The van der Waals surface area contributed by atoms with Gasteiger partial charge in [-0.3, -0.25) is 9.10 Å². The monoisotopic (exact) mass is 510 g/mol. The number of aryl methyl sites for hydroxylation is 1. The second-order valence-electron chi connectivity index (χ2n) is 8.94. The summed E-state index contributed by atoms with van der Waals surface area (Å²) in [6.45, 7) is 4.61. The van der Waals surface area contributed by atoms with Gasteiger partial charge in [0.25, 0.3) is 0 Å². The Morgan fingerprint density at radius 1 is 1.00 bits per heavy atom. The third-order valence-electron chi connectivity index (χ3n) is 6.59. The van der Waals surface area contributed by atoms with Gasteiger partial charge >= 0.3 is 16.4 Å². The van der Waals surface area contributed by atoms with Crippen LogP contribution >= 0.6 is 0 Å². The Morgan fingerprint density at radius 2 is 1.66 bits per heavy atom. The van der Waals surface area contributed by atoms with Gasteiger partial charge in [0.15, 0.2) is 0 Å². The molecule has 4 rings (SSSR count). The van der Waals surface area contributed by atoms with Gasteiger partial charge in [-0.25, -0.2) is 0 Å². The zero-order chi connectivity index (χ0) is 25.4. The molecular weight excluding hydrogens is 481 g/mol. The molecule has 35 heavy (non-hydrogen) atoms. The van der Waals surface area contributed by atoms with Crippen molar-refractivity contribution < 1.29 is 26.4 Å². The highest BCUT2D eigenvalue weighted by Crippen LogP contribution is 2.34. The minimum Gasteiger partial charge on any atom is -0.368 e. The van der Waals surface area contributed by atoms with Crippen LogP contribution in [0.1, 0.15) is 30.0 Å². The topological polar surface area (TPSA) is 64.2 Å². The number of anilines is 2. The maximum atomic E-state index is 13.4. The summed E-state index contributed by atoms with van der Waals surface area (Å²) in [4.78, 5) is 15.6. The van der Waals surface area contributed by atoms with E-state index in [0.717, 1.165) is 42.9 Å². The SMILES string of the molecule is CC(=O)N1CCN(c2ccc3c(c2)CCCN3S(=O)(=O)N(C)Cc2ccc(C(F)(F)F)cc2)CC1. The van der Waals surface area contributed by atoms with Gasteiger partial charge in [0.1, 0.15) is 0 Å². The van der Waals surface area contributed by atoms with E-state index in [-0.39, 0.29) is 12.5 Å². The van der Waals surface area contributed by atoms with E-state index in [4.69, 9.17) is 0 Å². The third kappa shape index (κ3) is 5.40. The molecule has 7 nitrogen and oxygen atoms in total. The Labute approximate surface area is 203 Å². The highest BCUT2D eigenvalue weighted by atomic mass is 32.2. The molecule has 0 saturated carbocycles. The van der Waals surface area contributed by atoms with Crippen LogP contribution in [-0.4, -0.2) is 63.3 Å². The largest absolute Gasteiger partial charge is 0.416 e. The normalized spacial score (nSPS) is 17.0. The van der Waals surface area contributed by atoms with Crippen molar-refractivity contribution in [1.82, 2.24) is 9.21 Å². The molecular formula is C24H29F3N4O3S. The van der Waals surface area contributed by atoms with Gasteiger partial charge in [-0.05, 0) is 54.3 Å². The van der Waals surface area contributed by atoms with Crippen LogP contribution in [0.5, 0.6) is 0 Å². The highest BCUT2D eigenvalue weighted by Gasteiger charge is 2.33. The maximum Gasteiger partial charge on any atom is 0.416 e. The number of amides is 1. The van der Waals surface area contributed by atoms with E-state index >= 15 is 0 Å². The minimum absolute atomic E-state index is 0.0369. The van der Waals surface area contributed by atoms with Crippen LogP contribution in [0.15, 0.2) is 42.5 Å². The summed E-state index contributed by atoms with van der Waals surface area (Å²) in [5.41, 5.74) is 2.27. The second-order valence-corrected chi connectivity index (χ2v) is 10.9. The van der Waals surface area contributed by atoms with Gasteiger partial charge in [-0.1, -0.05) is 12.1 Å². The van der Waals surface area contributed by atoms with E-state index in [0.29, 0.717) is 37.3 Å². The molecule has 0 aliphatic carbocycles. The molecule has 2 aliphatic heterocycles. The second kappa shape index (κ2) is 9.69. The number of nitrogens with zero attached hydrogens (tertiary/aromatic N) is 4. The fourth-order valence-electron chi connectivity index (χ4n) is 4.57. The van der Waals surface area contributed by atoms with Gasteiger partial charge in [0.05, 0.1) is 11.3 Å². The first-order valence-electron chi connectivity index (χ1n) is 11.5. The van der Waals surface area contributed by atoms with Crippen LogP contribution in [-0.2, 0) is 34.1 Å². The van der Waals surface area contributed by atoms with Crippen LogP contribution in [0.25, 0.3) is 0 Å². The van der Waals surface area contributed by atoms with Crippen LogP contribution < -0.4 is 9.21 Å². The summed E-state index contributed by atoms with van der Waals surface area (Å²) in [6, 6.07) is 10.3. The van der Waals surface area contributed by atoms with E-state index in [9.17, 15) is 26.4 Å². The summed E-state index contributed by atoms with van der Waals surface area (Å²) in [7, 11) is -2.45. The standard InChI is InChI=1S/C24H29F3N4O3S/c1-18(32)29-12-14-30(15-13-29)22-9-10-23-20(16-22)4-3-11-31(23)35(33,34)28(2)17-19-5-7-21(8-6-19)24(25,26)27/h5-10,16H,3-4,11-15,17H2,1-2H3. The van der Waals surface area contributed by atoms with Crippen LogP contribution in [0.4, 0.5) is 24.5 Å². The summed E-state index contributed by atoms with van der Waals surface area (Å²) in [5.74, 6) is 0.0661. The zero-order valence-electron chi connectivity index (χ0n) is 19.8. The molecule has 0 bridgehead atoms. The number of fused-ring (bicyclic) bond motifs is 1. The van der Waals surface area contributed by atoms with Crippen LogP contribution in [0.2, 0.25) is 0 Å². The zero-order valence-corrected chi connectivity index (χ0v) is 20.6. The first-order valence-corrected chi connectivity index (χ1v) is 12.9. The van der Waals surface area contributed by atoms with Gasteiger partial charge in [0, 0.05) is 58.9 Å². The lowest BCUT2D eigenvalue weighted by molar-refractivity contribution is -0.137. The van der Waals surface area contributed by atoms with Crippen LogP contribution in [0.3, 0.4) is 0 Å². The summed E-state index contributed by atoms with van der Waals surface area (Å²) < 4.78 is 67.8.